The highest BCUT2D eigenvalue weighted by Crippen LogP contribution is 2.28. The van der Waals surface area contributed by atoms with Crippen LogP contribution in [0.4, 0.5) is 0 Å². The zero-order valence-electron chi connectivity index (χ0n) is 8.73. The molecule has 0 fully saturated rings. The van der Waals surface area contributed by atoms with Crippen molar-refractivity contribution in [1.29, 1.82) is 0 Å². The van der Waals surface area contributed by atoms with Gasteiger partial charge < -0.3 is 4.74 Å². The highest BCUT2D eigenvalue weighted by atomic mass is 79.9. The molecule has 0 heterocycles. The van der Waals surface area contributed by atoms with Gasteiger partial charge in [-0.15, -0.1) is 11.6 Å². The van der Waals surface area contributed by atoms with E-state index in [9.17, 15) is 4.79 Å². The van der Waals surface area contributed by atoms with Gasteiger partial charge in [-0.3, -0.25) is 4.79 Å². The van der Waals surface area contributed by atoms with Crippen LogP contribution in [0.3, 0.4) is 0 Å². The molecule has 0 N–H and O–H groups in total. The summed E-state index contributed by atoms with van der Waals surface area (Å²) in [5.41, 5.74) is 1.88. The zero-order chi connectivity index (χ0) is 12.1. The first-order chi connectivity index (χ1) is 7.58. The molecule has 0 bridgehead atoms. The first kappa shape index (κ1) is 14.0. The van der Waals surface area contributed by atoms with Crippen molar-refractivity contribution in [3.05, 3.63) is 32.2 Å². The lowest BCUT2D eigenvalue weighted by Crippen LogP contribution is -2.08. The van der Waals surface area contributed by atoms with Gasteiger partial charge in [0.1, 0.15) is 0 Å². The smallest absolute Gasteiger partial charge is 0.310 e. The second-order valence-electron chi connectivity index (χ2n) is 3.15. The minimum atomic E-state index is -0.234. The van der Waals surface area contributed by atoms with E-state index >= 15 is 0 Å². The average molecular weight is 370 g/mol. The van der Waals surface area contributed by atoms with E-state index in [1.54, 1.807) is 6.92 Å². The predicted octanol–water partition coefficient (Wildman–Crippen LogP) is 4.06. The molecule has 2 nitrogen and oxygen atoms in total. The Bertz CT molecular complexity index is 371. The van der Waals surface area contributed by atoms with Crippen molar-refractivity contribution in [2.45, 2.75) is 19.2 Å². The number of esters is 1. The van der Waals surface area contributed by atoms with Crippen LogP contribution in [0.15, 0.2) is 21.1 Å². The maximum absolute atomic E-state index is 11.4. The third kappa shape index (κ3) is 3.75. The van der Waals surface area contributed by atoms with Gasteiger partial charge in [0, 0.05) is 14.8 Å². The molecule has 1 aromatic carbocycles. The van der Waals surface area contributed by atoms with Gasteiger partial charge in [0.25, 0.3) is 0 Å². The molecule has 0 spiro atoms. The van der Waals surface area contributed by atoms with Crippen molar-refractivity contribution in [3.8, 4) is 0 Å². The number of rotatable bonds is 4. The van der Waals surface area contributed by atoms with Crippen molar-refractivity contribution in [2.75, 3.05) is 6.61 Å². The largest absolute Gasteiger partial charge is 0.466 e. The van der Waals surface area contributed by atoms with Gasteiger partial charge in [-0.05, 0) is 30.2 Å². The van der Waals surface area contributed by atoms with E-state index in [1.807, 2.05) is 12.1 Å². The Kier molecular flexibility index (Phi) is 5.79. The molecule has 0 aliphatic heterocycles. The van der Waals surface area contributed by atoms with Crippen LogP contribution in [0.2, 0.25) is 0 Å². The monoisotopic (exact) mass is 368 g/mol. The number of halogens is 3. The molecular formula is C11H11Br2ClO2. The second kappa shape index (κ2) is 6.62. The molecule has 0 atom stereocenters. The van der Waals surface area contributed by atoms with Crippen LogP contribution in [-0.4, -0.2) is 12.6 Å². The number of hydrogen-bond acceptors (Lipinski definition) is 2. The van der Waals surface area contributed by atoms with Crippen molar-refractivity contribution in [2.24, 2.45) is 0 Å². The molecule has 0 unspecified atom stereocenters. The molecule has 0 saturated heterocycles. The predicted molar refractivity (Wildman–Crippen MR) is 71.7 cm³/mol. The van der Waals surface area contributed by atoms with Gasteiger partial charge in [0.2, 0.25) is 0 Å². The molecule has 0 aliphatic rings. The third-order valence-corrected chi connectivity index (χ3v) is 3.71. The first-order valence-corrected chi connectivity index (χ1v) is 6.89. The summed E-state index contributed by atoms with van der Waals surface area (Å²) in [5.74, 6) is 0.208. The second-order valence-corrected chi connectivity index (χ2v) is 5.13. The number of hydrogen-bond donors (Lipinski definition) is 0. The SMILES string of the molecule is CCOC(=O)Cc1c(Br)cc(CCl)cc1Br. The fraction of sp³-hybridized carbons (Fsp3) is 0.364. The van der Waals surface area contributed by atoms with Gasteiger partial charge in [0.15, 0.2) is 0 Å². The summed E-state index contributed by atoms with van der Waals surface area (Å²) in [5, 5.41) is 0. The Morgan fingerprint density at radius 1 is 1.38 bits per heavy atom. The van der Waals surface area contributed by atoms with Crippen LogP contribution in [-0.2, 0) is 21.8 Å². The van der Waals surface area contributed by atoms with Crippen LogP contribution in [0.25, 0.3) is 0 Å². The Hall–Kier alpha value is -0.0600. The number of carbonyl (C=O) groups excluding carboxylic acids is 1. The van der Waals surface area contributed by atoms with E-state index in [-0.39, 0.29) is 12.4 Å². The topological polar surface area (TPSA) is 26.3 Å². The molecule has 1 rings (SSSR count). The standard InChI is InChI=1S/C11H11Br2ClO2/c1-2-16-11(15)5-8-9(12)3-7(6-14)4-10(8)13/h3-4H,2,5-6H2,1H3. The van der Waals surface area contributed by atoms with Crippen molar-refractivity contribution >= 4 is 49.4 Å². The summed E-state index contributed by atoms with van der Waals surface area (Å²) in [6.45, 7) is 2.19. The lowest BCUT2D eigenvalue weighted by atomic mass is 10.1. The van der Waals surface area contributed by atoms with Crippen LogP contribution in [0.1, 0.15) is 18.1 Å². The lowest BCUT2D eigenvalue weighted by molar-refractivity contribution is -0.142. The quantitative estimate of drug-likeness (QED) is 0.590. The van der Waals surface area contributed by atoms with E-state index in [0.717, 1.165) is 20.1 Å². The highest BCUT2D eigenvalue weighted by Gasteiger charge is 2.12. The molecule has 0 amide bonds. The van der Waals surface area contributed by atoms with Crippen LogP contribution < -0.4 is 0 Å². The maximum Gasteiger partial charge on any atom is 0.310 e. The van der Waals surface area contributed by atoms with Gasteiger partial charge in [-0.25, -0.2) is 0 Å². The fourth-order valence-electron chi connectivity index (χ4n) is 1.26. The molecular weight excluding hydrogens is 359 g/mol. The molecule has 0 aromatic heterocycles. The molecule has 5 heteroatoms. The number of alkyl halides is 1. The van der Waals surface area contributed by atoms with Crippen molar-refractivity contribution in [3.63, 3.8) is 0 Å². The van der Waals surface area contributed by atoms with E-state index < -0.39 is 0 Å². The Balaban J connectivity index is 2.92. The van der Waals surface area contributed by atoms with E-state index in [4.69, 9.17) is 16.3 Å². The Morgan fingerprint density at radius 2 is 1.94 bits per heavy atom. The van der Waals surface area contributed by atoms with Crippen LogP contribution >= 0.6 is 43.5 Å². The average Bonchev–Trinajstić information content (AvgIpc) is 2.23. The normalized spacial score (nSPS) is 10.2. The minimum absolute atomic E-state index is 0.234. The summed E-state index contributed by atoms with van der Waals surface area (Å²) < 4.78 is 6.64. The number of benzene rings is 1. The Morgan fingerprint density at radius 3 is 2.38 bits per heavy atom. The zero-order valence-corrected chi connectivity index (χ0v) is 12.7. The Labute approximate surface area is 117 Å². The first-order valence-electron chi connectivity index (χ1n) is 4.76. The van der Waals surface area contributed by atoms with Gasteiger partial charge >= 0.3 is 5.97 Å². The van der Waals surface area contributed by atoms with Crippen molar-refractivity contribution in [1.82, 2.24) is 0 Å². The van der Waals surface area contributed by atoms with E-state index in [2.05, 4.69) is 31.9 Å². The fourth-order valence-corrected chi connectivity index (χ4v) is 2.97. The molecule has 16 heavy (non-hydrogen) atoms. The summed E-state index contributed by atoms with van der Waals surface area (Å²) in [6, 6.07) is 3.82. The number of carbonyl (C=O) groups is 1. The summed E-state index contributed by atoms with van der Waals surface area (Å²) in [4.78, 5) is 11.4. The molecule has 0 saturated carbocycles. The van der Waals surface area contributed by atoms with Crippen LogP contribution in [0.5, 0.6) is 0 Å². The maximum atomic E-state index is 11.4. The summed E-state index contributed by atoms with van der Waals surface area (Å²) in [6.07, 6.45) is 0.248. The van der Waals surface area contributed by atoms with Gasteiger partial charge in [-0.1, -0.05) is 31.9 Å². The summed E-state index contributed by atoms with van der Waals surface area (Å²) >= 11 is 12.6. The van der Waals surface area contributed by atoms with E-state index in [1.165, 1.54) is 0 Å². The summed E-state index contributed by atoms with van der Waals surface area (Å²) in [7, 11) is 0. The molecule has 1 aromatic rings. The highest BCUT2D eigenvalue weighted by molar-refractivity contribution is 9.11. The molecule has 0 aliphatic carbocycles. The van der Waals surface area contributed by atoms with Crippen molar-refractivity contribution < 1.29 is 9.53 Å². The van der Waals surface area contributed by atoms with Gasteiger partial charge in [-0.2, -0.15) is 0 Å². The van der Waals surface area contributed by atoms with Crippen LogP contribution in [0, 0.1) is 0 Å². The third-order valence-electron chi connectivity index (χ3n) is 1.98. The van der Waals surface area contributed by atoms with Gasteiger partial charge in [0.05, 0.1) is 13.0 Å². The minimum Gasteiger partial charge on any atom is -0.466 e. The lowest BCUT2D eigenvalue weighted by Gasteiger charge is -2.09. The van der Waals surface area contributed by atoms with E-state index in [0.29, 0.717) is 12.5 Å². The number of ether oxygens (including phenoxy) is 1. The molecule has 0 radical (unpaired) electrons. The molecule has 88 valence electrons.